The first-order valence-corrected chi connectivity index (χ1v) is 9.23. The lowest BCUT2D eigenvalue weighted by Crippen LogP contribution is -2.22. The monoisotopic (exact) mass is 373 g/mol. The Kier molecular flexibility index (Phi) is 3.89. The fraction of sp³-hybridized carbons (Fsp3) is 0.111. The van der Waals surface area contributed by atoms with Gasteiger partial charge in [0.05, 0.1) is 5.69 Å². The van der Waals surface area contributed by atoms with E-state index in [0.717, 1.165) is 9.75 Å². The number of thiophene rings is 2. The van der Waals surface area contributed by atoms with E-state index in [1.54, 1.807) is 11.3 Å². The Morgan fingerprint density at radius 3 is 2.64 bits per heavy atom. The molecule has 7 heteroatoms. The molecular formula is C18H12FNO3S2. The van der Waals surface area contributed by atoms with Gasteiger partial charge in [0.1, 0.15) is 10.7 Å². The predicted molar refractivity (Wildman–Crippen MR) is 96.1 cm³/mol. The van der Waals surface area contributed by atoms with Crippen LogP contribution in [0.4, 0.5) is 10.1 Å². The summed E-state index contributed by atoms with van der Waals surface area (Å²) in [6, 6.07) is 9.50. The average Bonchev–Trinajstić information content (AvgIpc) is 3.22. The molecule has 3 heterocycles. The van der Waals surface area contributed by atoms with E-state index in [9.17, 15) is 19.1 Å². The topological polar surface area (TPSA) is 66.4 Å². The lowest BCUT2D eigenvalue weighted by molar-refractivity contribution is -0.116. The molecule has 1 aromatic carbocycles. The first-order valence-electron chi connectivity index (χ1n) is 7.53. The molecule has 1 amide bonds. The summed E-state index contributed by atoms with van der Waals surface area (Å²) in [5, 5.41) is 14.4. The van der Waals surface area contributed by atoms with Crippen molar-refractivity contribution in [2.45, 2.75) is 12.3 Å². The SMILES string of the molecule is O=C1CC(c2cccs2)c2sc(C(=O)O)c(-c3ccc(F)cc3)c2N1. The maximum atomic E-state index is 13.3. The van der Waals surface area contributed by atoms with E-state index in [2.05, 4.69) is 5.32 Å². The van der Waals surface area contributed by atoms with Crippen molar-refractivity contribution in [2.24, 2.45) is 0 Å². The minimum absolute atomic E-state index is 0.149. The van der Waals surface area contributed by atoms with Gasteiger partial charge >= 0.3 is 5.97 Å². The van der Waals surface area contributed by atoms with Gasteiger partial charge in [0.25, 0.3) is 0 Å². The lowest BCUT2D eigenvalue weighted by atomic mass is 9.93. The number of fused-ring (bicyclic) bond motifs is 1. The molecule has 0 fully saturated rings. The number of hydrogen-bond donors (Lipinski definition) is 2. The van der Waals surface area contributed by atoms with Crippen LogP contribution >= 0.6 is 22.7 Å². The maximum Gasteiger partial charge on any atom is 0.346 e. The van der Waals surface area contributed by atoms with E-state index in [0.29, 0.717) is 16.8 Å². The first-order chi connectivity index (χ1) is 12.0. The molecule has 126 valence electrons. The number of benzene rings is 1. The van der Waals surface area contributed by atoms with E-state index < -0.39 is 11.8 Å². The molecule has 4 nitrogen and oxygen atoms in total. The standard InChI is InChI=1S/C18H12FNO3S2/c19-10-5-3-9(4-6-10)14-15-16(25-17(14)18(22)23)11(8-13(21)20-15)12-2-1-7-24-12/h1-7,11H,8H2,(H,20,21)(H,22,23). The van der Waals surface area contributed by atoms with Gasteiger partial charge in [-0.25, -0.2) is 9.18 Å². The van der Waals surface area contributed by atoms with Crippen LogP contribution < -0.4 is 5.32 Å². The van der Waals surface area contributed by atoms with Gasteiger partial charge in [-0.2, -0.15) is 0 Å². The summed E-state index contributed by atoms with van der Waals surface area (Å²) in [6.45, 7) is 0. The van der Waals surface area contributed by atoms with Gasteiger partial charge in [-0.15, -0.1) is 22.7 Å². The van der Waals surface area contributed by atoms with Crippen LogP contribution in [0.15, 0.2) is 41.8 Å². The van der Waals surface area contributed by atoms with Gasteiger partial charge in [0.15, 0.2) is 0 Å². The molecule has 2 aromatic heterocycles. The summed E-state index contributed by atoms with van der Waals surface area (Å²) >= 11 is 2.72. The molecule has 0 aliphatic carbocycles. The molecule has 1 aliphatic heterocycles. The molecule has 0 saturated heterocycles. The van der Waals surface area contributed by atoms with Crippen molar-refractivity contribution in [1.82, 2.24) is 0 Å². The van der Waals surface area contributed by atoms with Crippen LogP contribution in [0, 0.1) is 5.82 Å². The summed E-state index contributed by atoms with van der Waals surface area (Å²) in [4.78, 5) is 26.0. The predicted octanol–water partition coefficient (Wildman–Crippen LogP) is 4.79. The Balaban J connectivity index is 1.95. The van der Waals surface area contributed by atoms with Crippen LogP contribution in [-0.2, 0) is 4.79 Å². The number of carboxylic acids is 1. The number of halogens is 1. The maximum absolute atomic E-state index is 13.3. The van der Waals surface area contributed by atoms with Crippen molar-refractivity contribution in [3.63, 3.8) is 0 Å². The average molecular weight is 373 g/mol. The van der Waals surface area contributed by atoms with Crippen molar-refractivity contribution in [2.75, 3.05) is 5.32 Å². The Morgan fingerprint density at radius 2 is 2.00 bits per heavy atom. The summed E-state index contributed by atoms with van der Waals surface area (Å²) in [6.07, 6.45) is 0.288. The van der Waals surface area contributed by atoms with Crippen molar-refractivity contribution >= 4 is 40.2 Å². The summed E-state index contributed by atoms with van der Waals surface area (Å²) < 4.78 is 13.3. The molecule has 1 atom stereocenters. The number of carbonyl (C=O) groups is 2. The van der Waals surface area contributed by atoms with Gasteiger partial charge in [0.2, 0.25) is 5.91 Å². The normalized spacial score (nSPS) is 16.4. The Morgan fingerprint density at radius 1 is 1.24 bits per heavy atom. The third kappa shape index (κ3) is 2.75. The number of carboxylic acid groups (broad SMARTS) is 1. The third-order valence-electron chi connectivity index (χ3n) is 4.12. The van der Waals surface area contributed by atoms with Gasteiger partial charge in [-0.05, 0) is 29.1 Å². The molecular weight excluding hydrogens is 361 g/mol. The fourth-order valence-electron chi connectivity index (χ4n) is 3.05. The zero-order valence-electron chi connectivity index (χ0n) is 12.8. The van der Waals surface area contributed by atoms with Gasteiger partial charge in [-0.1, -0.05) is 18.2 Å². The van der Waals surface area contributed by atoms with Crippen LogP contribution in [0.25, 0.3) is 11.1 Å². The fourth-order valence-corrected chi connectivity index (χ4v) is 5.20. The van der Waals surface area contributed by atoms with Crippen LogP contribution in [0.3, 0.4) is 0 Å². The van der Waals surface area contributed by atoms with Gasteiger partial charge in [0, 0.05) is 27.7 Å². The van der Waals surface area contributed by atoms with Crippen molar-refractivity contribution in [1.29, 1.82) is 0 Å². The van der Waals surface area contributed by atoms with Crippen LogP contribution in [0.1, 0.15) is 31.8 Å². The van der Waals surface area contributed by atoms with E-state index in [4.69, 9.17) is 0 Å². The van der Waals surface area contributed by atoms with Crippen molar-refractivity contribution in [3.8, 4) is 11.1 Å². The lowest BCUT2D eigenvalue weighted by Gasteiger charge is -2.22. The molecule has 2 N–H and O–H groups in total. The van der Waals surface area contributed by atoms with E-state index in [1.807, 2.05) is 17.5 Å². The number of aromatic carboxylic acids is 1. The molecule has 25 heavy (non-hydrogen) atoms. The van der Waals surface area contributed by atoms with E-state index in [-0.39, 0.29) is 23.1 Å². The highest BCUT2D eigenvalue weighted by atomic mass is 32.1. The molecule has 0 radical (unpaired) electrons. The quantitative estimate of drug-likeness (QED) is 0.694. The van der Waals surface area contributed by atoms with E-state index in [1.165, 1.54) is 35.6 Å². The first kappa shape index (κ1) is 16.0. The minimum Gasteiger partial charge on any atom is -0.477 e. The molecule has 0 saturated carbocycles. The summed E-state index contributed by atoms with van der Waals surface area (Å²) in [5.74, 6) is -1.76. The zero-order chi connectivity index (χ0) is 17.6. The highest BCUT2D eigenvalue weighted by molar-refractivity contribution is 7.15. The third-order valence-corrected chi connectivity index (χ3v) is 6.40. The highest BCUT2D eigenvalue weighted by Gasteiger charge is 2.34. The molecule has 3 aromatic rings. The Hall–Kier alpha value is -2.51. The number of carbonyl (C=O) groups excluding carboxylic acids is 1. The molecule has 1 unspecified atom stereocenters. The second kappa shape index (κ2) is 6.09. The summed E-state index contributed by atoms with van der Waals surface area (Å²) in [5.41, 5.74) is 1.55. The Bertz CT molecular complexity index is 961. The van der Waals surface area contributed by atoms with Crippen LogP contribution in [0.2, 0.25) is 0 Å². The molecule has 0 spiro atoms. The smallest absolute Gasteiger partial charge is 0.346 e. The Labute approximate surface area is 150 Å². The minimum atomic E-state index is -1.06. The number of hydrogen-bond acceptors (Lipinski definition) is 4. The number of nitrogens with one attached hydrogen (secondary N) is 1. The zero-order valence-corrected chi connectivity index (χ0v) is 14.4. The van der Waals surface area contributed by atoms with Crippen LogP contribution in [0.5, 0.6) is 0 Å². The largest absolute Gasteiger partial charge is 0.477 e. The second-order valence-electron chi connectivity index (χ2n) is 5.68. The van der Waals surface area contributed by atoms with Crippen molar-refractivity contribution in [3.05, 3.63) is 62.2 Å². The highest BCUT2D eigenvalue weighted by Crippen LogP contribution is 2.50. The number of anilines is 1. The number of amides is 1. The number of rotatable bonds is 3. The van der Waals surface area contributed by atoms with Crippen LogP contribution in [-0.4, -0.2) is 17.0 Å². The molecule has 4 rings (SSSR count). The van der Waals surface area contributed by atoms with Gasteiger partial charge < -0.3 is 10.4 Å². The van der Waals surface area contributed by atoms with Gasteiger partial charge in [-0.3, -0.25) is 4.79 Å². The second-order valence-corrected chi connectivity index (χ2v) is 7.71. The molecule has 1 aliphatic rings. The summed E-state index contributed by atoms with van der Waals surface area (Å²) in [7, 11) is 0. The van der Waals surface area contributed by atoms with E-state index >= 15 is 0 Å². The van der Waals surface area contributed by atoms with Crippen molar-refractivity contribution < 1.29 is 19.1 Å². The molecule has 0 bridgehead atoms.